The third-order valence-electron chi connectivity index (χ3n) is 2.55. The largest absolute Gasteiger partial charge is 0.321 e. The van der Waals surface area contributed by atoms with Crippen molar-refractivity contribution in [3.05, 3.63) is 50.7 Å². The van der Waals surface area contributed by atoms with Crippen LogP contribution >= 0.6 is 27.5 Å². The van der Waals surface area contributed by atoms with E-state index in [1.165, 1.54) is 0 Å². The van der Waals surface area contributed by atoms with Gasteiger partial charge in [0.2, 0.25) is 0 Å². The average Bonchev–Trinajstić information content (AvgIpc) is 2.38. The van der Waals surface area contributed by atoms with E-state index in [4.69, 9.17) is 11.6 Å². The van der Waals surface area contributed by atoms with Crippen LogP contribution in [0.3, 0.4) is 0 Å². The van der Waals surface area contributed by atoms with Crippen LogP contribution in [0, 0.1) is 13.8 Å². The highest BCUT2D eigenvalue weighted by Crippen LogP contribution is 2.30. The molecule has 98 valence electrons. The number of nitrogens with zero attached hydrogens (tertiary/aromatic N) is 2. The molecule has 1 heterocycles. The average molecular weight is 341 g/mol. The number of hydrogen-bond acceptors (Lipinski definition) is 3. The molecule has 0 unspecified atom stereocenters. The van der Waals surface area contributed by atoms with E-state index >= 15 is 0 Å². The number of carbonyl (C=O) groups excluding carboxylic acids is 1. The topological polar surface area (TPSA) is 54.9 Å². The van der Waals surface area contributed by atoms with Gasteiger partial charge in [0.15, 0.2) is 0 Å². The molecule has 1 amide bonds. The van der Waals surface area contributed by atoms with E-state index in [0.29, 0.717) is 32.1 Å². The number of halogens is 2. The summed E-state index contributed by atoms with van der Waals surface area (Å²) in [7, 11) is 0. The van der Waals surface area contributed by atoms with Crippen molar-refractivity contribution in [2.75, 3.05) is 5.32 Å². The molecule has 2 rings (SSSR count). The number of hydrogen-bond donors (Lipinski definition) is 1. The number of carbonyl (C=O) groups is 1. The van der Waals surface area contributed by atoms with Gasteiger partial charge in [-0.1, -0.05) is 17.7 Å². The molecular formula is C13H11BrClN3O. The van der Waals surface area contributed by atoms with E-state index in [1.807, 2.05) is 0 Å². The van der Waals surface area contributed by atoms with E-state index < -0.39 is 0 Å². The first-order valence-corrected chi connectivity index (χ1v) is 6.72. The van der Waals surface area contributed by atoms with Crippen LogP contribution in [-0.4, -0.2) is 16.1 Å². The Labute approximate surface area is 124 Å². The van der Waals surface area contributed by atoms with Crippen molar-refractivity contribution < 1.29 is 4.79 Å². The van der Waals surface area contributed by atoms with Crippen molar-refractivity contribution in [2.45, 2.75) is 13.8 Å². The fourth-order valence-corrected chi connectivity index (χ4v) is 2.11. The Hall–Kier alpha value is -1.46. The van der Waals surface area contributed by atoms with Crippen LogP contribution in [0.2, 0.25) is 5.02 Å². The molecule has 19 heavy (non-hydrogen) atoms. The number of benzene rings is 1. The maximum atomic E-state index is 12.2. The maximum absolute atomic E-state index is 12.2. The van der Waals surface area contributed by atoms with Crippen molar-refractivity contribution in [3.8, 4) is 0 Å². The highest BCUT2D eigenvalue weighted by molar-refractivity contribution is 9.10. The van der Waals surface area contributed by atoms with Gasteiger partial charge in [0.05, 0.1) is 32.1 Å². The van der Waals surface area contributed by atoms with Crippen LogP contribution < -0.4 is 5.32 Å². The zero-order chi connectivity index (χ0) is 14.0. The number of nitrogens with one attached hydrogen (secondary N) is 1. The molecule has 1 aromatic heterocycles. The second-order valence-corrected chi connectivity index (χ2v) is 5.24. The summed E-state index contributed by atoms with van der Waals surface area (Å²) in [6.45, 7) is 3.53. The summed E-state index contributed by atoms with van der Waals surface area (Å²) in [6.07, 6.45) is 0. The zero-order valence-electron chi connectivity index (χ0n) is 10.4. The molecule has 2 aromatic rings. The van der Waals surface area contributed by atoms with Gasteiger partial charge in [-0.3, -0.25) is 4.79 Å². The smallest absolute Gasteiger partial charge is 0.257 e. The van der Waals surface area contributed by atoms with Crippen molar-refractivity contribution in [2.24, 2.45) is 0 Å². The molecule has 1 aromatic carbocycles. The summed E-state index contributed by atoms with van der Waals surface area (Å²) < 4.78 is 0.654. The highest BCUT2D eigenvalue weighted by Gasteiger charge is 2.13. The number of rotatable bonds is 2. The lowest BCUT2D eigenvalue weighted by atomic mass is 10.2. The highest BCUT2D eigenvalue weighted by atomic mass is 79.9. The Bertz CT molecular complexity index is 646. The molecule has 0 bridgehead atoms. The summed E-state index contributed by atoms with van der Waals surface area (Å²) in [4.78, 5) is 12.2. The lowest BCUT2D eigenvalue weighted by Gasteiger charge is -2.09. The van der Waals surface area contributed by atoms with Crippen LogP contribution in [0.5, 0.6) is 0 Å². The summed E-state index contributed by atoms with van der Waals surface area (Å²) >= 11 is 9.32. The van der Waals surface area contributed by atoms with E-state index in [2.05, 4.69) is 31.4 Å². The Morgan fingerprint density at radius 1 is 1.32 bits per heavy atom. The normalized spacial score (nSPS) is 10.3. The molecule has 0 fully saturated rings. The van der Waals surface area contributed by atoms with Gasteiger partial charge in [0.1, 0.15) is 0 Å². The molecule has 4 nitrogen and oxygen atoms in total. The van der Waals surface area contributed by atoms with Gasteiger partial charge < -0.3 is 5.32 Å². The molecule has 0 aliphatic heterocycles. The van der Waals surface area contributed by atoms with E-state index in [9.17, 15) is 4.79 Å². The summed E-state index contributed by atoms with van der Waals surface area (Å²) in [6, 6.07) is 6.98. The lowest BCUT2D eigenvalue weighted by Crippen LogP contribution is -2.15. The summed E-state index contributed by atoms with van der Waals surface area (Å²) in [5, 5.41) is 11.2. The molecule has 0 saturated heterocycles. The van der Waals surface area contributed by atoms with Gasteiger partial charge in [-0.05, 0) is 48.0 Å². The van der Waals surface area contributed by atoms with Crippen molar-refractivity contribution in [1.82, 2.24) is 10.2 Å². The predicted octanol–water partition coefficient (Wildman–Crippen LogP) is 3.76. The number of aryl methyl sites for hydroxylation is 2. The van der Waals surface area contributed by atoms with E-state index in [0.717, 1.165) is 0 Å². The first kappa shape index (κ1) is 14.0. The van der Waals surface area contributed by atoms with Crippen LogP contribution in [0.1, 0.15) is 21.7 Å². The molecule has 0 atom stereocenters. The maximum Gasteiger partial charge on any atom is 0.257 e. The molecule has 0 saturated carbocycles. The molecule has 0 aliphatic rings. The van der Waals surface area contributed by atoms with Crippen LogP contribution in [-0.2, 0) is 0 Å². The number of amides is 1. The molecule has 0 aliphatic carbocycles. The van der Waals surface area contributed by atoms with Crippen LogP contribution in [0.4, 0.5) is 5.69 Å². The molecule has 6 heteroatoms. The predicted molar refractivity (Wildman–Crippen MR) is 78.6 cm³/mol. The number of anilines is 1. The number of aromatic nitrogens is 2. The quantitative estimate of drug-likeness (QED) is 0.905. The van der Waals surface area contributed by atoms with Crippen molar-refractivity contribution in [1.29, 1.82) is 0 Å². The minimum absolute atomic E-state index is 0.238. The third-order valence-corrected chi connectivity index (χ3v) is 3.94. The Morgan fingerprint density at radius 3 is 2.79 bits per heavy atom. The minimum atomic E-state index is -0.238. The van der Waals surface area contributed by atoms with Crippen molar-refractivity contribution in [3.63, 3.8) is 0 Å². The third kappa shape index (κ3) is 3.11. The van der Waals surface area contributed by atoms with Gasteiger partial charge in [-0.2, -0.15) is 10.2 Å². The van der Waals surface area contributed by atoms with Gasteiger partial charge in [-0.15, -0.1) is 0 Å². The fraction of sp³-hybridized carbons (Fsp3) is 0.154. The summed E-state index contributed by atoms with van der Waals surface area (Å²) in [5.41, 5.74) is 2.40. The Balaban J connectivity index is 2.31. The van der Waals surface area contributed by atoms with Gasteiger partial charge >= 0.3 is 0 Å². The standard InChI is InChI=1S/C13H11BrClN3O/c1-7-6-9(8(2)18-17-7)13(19)16-11-5-3-4-10(15)12(11)14/h3-6H,1-2H3,(H,16,19). The first-order valence-electron chi connectivity index (χ1n) is 5.55. The summed E-state index contributed by atoms with van der Waals surface area (Å²) in [5.74, 6) is -0.238. The molecular weight excluding hydrogens is 330 g/mol. The van der Waals surface area contributed by atoms with Gasteiger partial charge in [0.25, 0.3) is 5.91 Å². The fourth-order valence-electron chi connectivity index (χ4n) is 1.57. The Kier molecular flexibility index (Phi) is 4.17. The van der Waals surface area contributed by atoms with Gasteiger partial charge in [0, 0.05) is 0 Å². The van der Waals surface area contributed by atoms with Gasteiger partial charge in [-0.25, -0.2) is 0 Å². The van der Waals surface area contributed by atoms with E-state index in [1.54, 1.807) is 38.1 Å². The minimum Gasteiger partial charge on any atom is -0.321 e. The van der Waals surface area contributed by atoms with Crippen LogP contribution in [0.15, 0.2) is 28.7 Å². The first-order chi connectivity index (χ1) is 8.99. The molecule has 0 radical (unpaired) electrons. The zero-order valence-corrected chi connectivity index (χ0v) is 12.7. The van der Waals surface area contributed by atoms with Crippen molar-refractivity contribution >= 4 is 39.1 Å². The monoisotopic (exact) mass is 339 g/mol. The molecule has 1 N–H and O–H groups in total. The second kappa shape index (κ2) is 5.67. The lowest BCUT2D eigenvalue weighted by molar-refractivity contribution is 0.102. The molecule has 0 spiro atoms. The second-order valence-electron chi connectivity index (χ2n) is 4.04. The Morgan fingerprint density at radius 2 is 2.05 bits per heavy atom. The van der Waals surface area contributed by atoms with E-state index in [-0.39, 0.29) is 5.91 Å². The van der Waals surface area contributed by atoms with Crippen LogP contribution in [0.25, 0.3) is 0 Å². The SMILES string of the molecule is Cc1cc(C(=O)Nc2cccc(Cl)c2Br)c(C)nn1.